The maximum atomic E-state index is 12.4. The fraction of sp³-hybridized carbons (Fsp3) is 0.286. The number of nitrogens with one attached hydrogen (secondary N) is 1. The molecule has 0 spiro atoms. The molecule has 0 bridgehead atoms. The van der Waals surface area contributed by atoms with Crippen LogP contribution in [0.2, 0.25) is 10.0 Å². The lowest BCUT2D eigenvalue weighted by molar-refractivity contribution is -0.166. The van der Waals surface area contributed by atoms with Gasteiger partial charge in [-0.3, -0.25) is 4.79 Å². The second-order valence-corrected chi connectivity index (χ2v) is 5.15. The summed E-state index contributed by atoms with van der Waals surface area (Å²) in [5.74, 6) is -1.42. The average Bonchev–Trinajstić information content (AvgIpc) is 2.88. The third kappa shape index (κ3) is 3.37. The van der Waals surface area contributed by atoms with Crippen molar-refractivity contribution >= 4 is 40.8 Å². The van der Waals surface area contributed by atoms with Gasteiger partial charge < -0.3 is 14.8 Å². The predicted octanol–water partition coefficient (Wildman–Crippen LogP) is 2.82. The summed E-state index contributed by atoms with van der Waals surface area (Å²) in [5.41, 5.74) is -1.41. The normalized spacial score (nSPS) is 20.3. The van der Waals surface area contributed by atoms with Crippen molar-refractivity contribution in [1.29, 1.82) is 0 Å². The largest absolute Gasteiger partial charge is 0.463 e. The van der Waals surface area contributed by atoms with Crippen molar-refractivity contribution in [2.45, 2.75) is 12.5 Å². The van der Waals surface area contributed by atoms with E-state index in [9.17, 15) is 9.59 Å². The number of carbonyl (C=O) groups excluding carboxylic acids is 2. The molecule has 0 radical (unpaired) electrons. The third-order valence-corrected chi connectivity index (χ3v) is 3.23. The lowest BCUT2D eigenvalue weighted by Gasteiger charge is -2.23. The number of halogens is 2. The molecule has 21 heavy (non-hydrogen) atoms. The maximum absolute atomic E-state index is 12.4. The zero-order chi connectivity index (χ0) is 15.5. The number of hydrogen-bond acceptors (Lipinski definition) is 4. The van der Waals surface area contributed by atoms with Crippen LogP contribution in [-0.4, -0.2) is 30.7 Å². The molecule has 1 unspecified atom stereocenters. The molecule has 1 aliphatic heterocycles. The Morgan fingerprint density at radius 3 is 2.52 bits per heavy atom. The van der Waals surface area contributed by atoms with E-state index in [0.29, 0.717) is 15.7 Å². The summed E-state index contributed by atoms with van der Waals surface area (Å²) in [4.78, 5) is 24.4. The van der Waals surface area contributed by atoms with E-state index in [0.717, 1.165) is 0 Å². The van der Waals surface area contributed by atoms with E-state index in [4.69, 9.17) is 32.7 Å². The van der Waals surface area contributed by atoms with Crippen LogP contribution >= 0.6 is 23.2 Å². The van der Waals surface area contributed by atoms with E-state index in [1.807, 2.05) is 0 Å². The van der Waals surface area contributed by atoms with Gasteiger partial charge in [-0.15, -0.1) is 0 Å². The Balaban J connectivity index is 2.24. The van der Waals surface area contributed by atoms with Gasteiger partial charge in [0.1, 0.15) is 0 Å². The molecule has 112 valence electrons. The number of rotatable bonds is 4. The Bertz CT molecular complexity index is 582. The van der Waals surface area contributed by atoms with Gasteiger partial charge in [-0.25, -0.2) is 4.79 Å². The van der Waals surface area contributed by atoms with Crippen molar-refractivity contribution < 1.29 is 19.1 Å². The number of benzene rings is 1. The van der Waals surface area contributed by atoms with Crippen LogP contribution in [0.4, 0.5) is 5.69 Å². The van der Waals surface area contributed by atoms with Crippen LogP contribution in [0.25, 0.3) is 0 Å². The standard InChI is InChI=1S/C14H13Cl2NO4/c1-2-20-13(19)14(4-3-5-21-14)12(18)17-11-7-9(15)6-10(16)8-11/h3-4,6-8H,2,5H2,1H3,(H,17,18). The number of ether oxygens (including phenoxy) is 2. The molecular formula is C14H13Cl2NO4. The van der Waals surface area contributed by atoms with Crippen LogP contribution in [0.3, 0.4) is 0 Å². The van der Waals surface area contributed by atoms with Gasteiger partial charge in [-0.2, -0.15) is 0 Å². The summed E-state index contributed by atoms with van der Waals surface area (Å²) in [6.07, 6.45) is 2.97. The third-order valence-electron chi connectivity index (χ3n) is 2.80. The Morgan fingerprint density at radius 1 is 1.33 bits per heavy atom. The second kappa shape index (κ2) is 6.47. The lowest BCUT2D eigenvalue weighted by atomic mass is 10.0. The maximum Gasteiger partial charge on any atom is 0.352 e. The van der Waals surface area contributed by atoms with Gasteiger partial charge in [-0.1, -0.05) is 29.3 Å². The Labute approximate surface area is 131 Å². The Kier molecular flexibility index (Phi) is 4.88. The van der Waals surface area contributed by atoms with Gasteiger partial charge in [0.2, 0.25) is 0 Å². The lowest BCUT2D eigenvalue weighted by Crippen LogP contribution is -2.49. The molecule has 7 heteroatoms. The second-order valence-electron chi connectivity index (χ2n) is 4.28. The predicted molar refractivity (Wildman–Crippen MR) is 79.5 cm³/mol. The molecule has 0 saturated carbocycles. The van der Waals surface area contributed by atoms with E-state index >= 15 is 0 Å². The fourth-order valence-corrected chi connectivity index (χ4v) is 2.42. The molecule has 0 saturated heterocycles. The Morgan fingerprint density at radius 2 is 2.00 bits per heavy atom. The Hall–Kier alpha value is -1.56. The van der Waals surface area contributed by atoms with Crippen LogP contribution in [0.1, 0.15) is 6.92 Å². The minimum atomic E-state index is -1.77. The van der Waals surface area contributed by atoms with Crippen molar-refractivity contribution in [2.24, 2.45) is 0 Å². The molecule has 1 atom stereocenters. The summed E-state index contributed by atoms with van der Waals surface area (Å²) in [5, 5.41) is 3.29. The number of amides is 1. The SMILES string of the molecule is CCOC(=O)C1(C(=O)Nc2cc(Cl)cc(Cl)c2)C=CCO1. The molecule has 0 aliphatic carbocycles. The number of hydrogen-bond donors (Lipinski definition) is 1. The quantitative estimate of drug-likeness (QED) is 0.524. The first-order chi connectivity index (χ1) is 9.98. The topological polar surface area (TPSA) is 64.6 Å². The van der Waals surface area contributed by atoms with E-state index in [2.05, 4.69) is 5.32 Å². The zero-order valence-electron chi connectivity index (χ0n) is 11.2. The first-order valence-corrected chi connectivity index (χ1v) is 7.00. The number of carbonyl (C=O) groups is 2. The summed E-state index contributed by atoms with van der Waals surface area (Å²) in [7, 11) is 0. The van der Waals surface area contributed by atoms with Crippen molar-refractivity contribution in [2.75, 3.05) is 18.5 Å². The molecule has 1 aromatic rings. The first kappa shape index (κ1) is 15.8. The van der Waals surface area contributed by atoms with Crippen molar-refractivity contribution in [1.82, 2.24) is 0 Å². The molecule has 1 amide bonds. The fourth-order valence-electron chi connectivity index (χ4n) is 1.89. The van der Waals surface area contributed by atoms with Gasteiger partial charge in [-0.05, 0) is 31.2 Å². The highest BCUT2D eigenvalue weighted by atomic mass is 35.5. The van der Waals surface area contributed by atoms with E-state index in [1.54, 1.807) is 13.0 Å². The van der Waals surface area contributed by atoms with Gasteiger partial charge in [0.05, 0.1) is 13.2 Å². The van der Waals surface area contributed by atoms with Gasteiger partial charge >= 0.3 is 5.97 Å². The van der Waals surface area contributed by atoms with Crippen LogP contribution in [0, 0.1) is 0 Å². The molecular weight excluding hydrogens is 317 g/mol. The van der Waals surface area contributed by atoms with E-state index in [1.165, 1.54) is 24.3 Å². The van der Waals surface area contributed by atoms with Crippen LogP contribution in [0.5, 0.6) is 0 Å². The zero-order valence-corrected chi connectivity index (χ0v) is 12.7. The molecule has 5 nitrogen and oxygen atoms in total. The highest BCUT2D eigenvalue weighted by molar-refractivity contribution is 6.35. The number of esters is 1. The molecule has 0 fully saturated rings. The van der Waals surface area contributed by atoms with Gasteiger partial charge in [0.15, 0.2) is 0 Å². The van der Waals surface area contributed by atoms with Crippen molar-refractivity contribution in [3.05, 3.63) is 40.4 Å². The summed E-state index contributed by atoms with van der Waals surface area (Å²) in [6, 6.07) is 4.57. The highest BCUT2D eigenvalue weighted by Crippen LogP contribution is 2.26. The monoisotopic (exact) mass is 329 g/mol. The summed E-state index contributed by atoms with van der Waals surface area (Å²) in [6.45, 7) is 1.95. The minimum Gasteiger partial charge on any atom is -0.463 e. The van der Waals surface area contributed by atoms with Crippen molar-refractivity contribution in [3.63, 3.8) is 0 Å². The van der Waals surface area contributed by atoms with Crippen LogP contribution in [0.15, 0.2) is 30.4 Å². The molecule has 1 aliphatic rings. The molecule has 2 rings (SSSR count). The van der Waals surface area contributed by atoms with Gasteiger partial charge in [0.25, 0.3) is 11.5 Å². The smallest absolute Gasteiger partial charge is 0.352 e. The number of anilines is 1. The van der Waals surface area contributed by atoms with Crippen molar-refractivity contribution in [3.8, 4) is 0 Å². The summed E-state index contributed by atoms with van der Waals surface area (Å²) >= 11 is 11.7. The molecule has 0 aromatic heterocycles. The average molecular weight is 330 g/mol. The molecule has 1 N–H and O–H groups in total. The minimum absolute atomic E-state index is 0.147. The summed E-state index contributed by atoms with van der Waals surface area (Å²) < 4.78 is 10.2. The first-order valence-electron chi connectivity index (χ1n) is 6.24. The van der Waals surface area contributed by atoms with Crippen LogP contribution in [-0.2, 0) is 19.1 Å². The van der Waals surface area contributed by atoms with E-state index < -0.39 is 17.5 Å². The van der Waals surface area contributed by atoms with Gasteiger partial charge in [0, 0.05) is 15.7 Å². The van der Waals surface area contributed by atoms with E-state index in [-0.39, 0.29) is 13.2 Å². The molecule has 1 heterocycles. The highest BCUT2D eigenvalue weighted by Gasteiger charge is 2.48. The van der Waals surface area contributed by atoms with Crippen LogP contribution < -0.4 is 5.32 Å². The molecule has 1 aromatic carbocycles.